The molecule has 1 amide bonds. The third kappa shape index (κ3) is 6.16. The molecule has 0 aliphatic rings. The molecule has 0 saturated heterocycles. The van der Waals surface area contributed by atoms with Crippen molar-refractivity contribution in [1.82, 2.24) is 9.66 Å². The molecular weight excluding hydrogens is 551 g/mol. The number of anilines is 1. The Bertz CT molecular complexity index is 1520. The third-order valence-corrected chi connectivity index (χ3v) is 5.83. The second kappa shape index (κ2) is 11.5. The Labute approximate surface area is 219 Å². The van der Waals surface area contributed by atoms with Gasteiger partial charge in [-0.1, -0.05) is 40.5 Å². The maximum absolute atomic E-state index is 13.4. The highest BCUT2D eigenvalue weighted by molar-refractivity contribution is 9.10. The smallest absolute Gasteiger partial charge is 0.282 e. The number of carbonyl (C=O) groups excluding carboxylic acids is 1. The number of halogens is 3. The van der Waals surface area contributed by atoms with Crippen LogP contribution in [0.25, 0.3) is 10.9 Å². The number of hydrogen-bond acceptors (Lipinski definition) is 5. The molecule has 3 aromatic carbocycles. The van der Waals surface area contributed by atoms with Gasteiger partial charge in [-0.05, 0) is 61.0 Å². The standard InChI is InChI=1S/C26H21BrClFN4O3/c1-2-4-24-32-22-9-7-17(27)12-21(22)26(35)33(24)30-14-16-11-18(28)8-10-23(16)36-15-25(34)31-20-6-3-5-19(29)13-20/h3,5-14H,2,4,15H2,1H3,(H,31,34). The summed E-state index contributed by atoms with van der Waals surface area (Å²) < 4.78 is 21.1. The zero-order valence-electron chi connectivity index (χ0n) is 19.2. The quantitative estimate of drug-likeness (QED) is 0.271. The molecule has 36 heavy (non-hydrogen) atoms. The van der Waals surface area contributed by atoms with Crippen LogP contribution in [0.5, 0.6) is 5.75 Å². The molecule has 4 rings (SSSR count). The Kier molecular flexibility index (Phi) is 8.12. The fourth-order valence-electron chi connectivity index (χ4n) is 3.48. The molecule has 184 valence electrons. The molecule has 7 nitrogen and oxygen atoms in total. The van der Waals surface area contributed by atoms with Gasteiger partial charge in [-0.25, -0.2) is 9.37 Å². The average molecular weight is 572 g/mol. The van der Waals surface area contributed by atoms with Crippen molar-refractivity contribution in [2.24, 2.45) is 5.10 Å². The highest BCUT2D eigenvalue weighted by atomic mass is 79.9. The van der Waals surface area contributed by atoms with Crippen molar-refractivity contribution in [1.29, 1.82) is 0 Å². The summed E-state index contributed by atoms with van der Waals surface area (Å²) in [5.74, 6) is -0.0750. The van der Waals surface area contributed by atoms with Crippen LogP contribution in [0.15, 0.2) is 75.0 Å². The van der Waals surface area contributed by atoms with Crippen LogP contribution in [0.1, 0.15) is 24.7 Å². The van der Waals surface area contributed by atoms with E-state index in [0.717, 1.165) is 10.9 Å². The van der Waals surface area contributed by atoms with Gasteiger partial charge in [0, 0.05) is 27.2 Å². The molecule has 1 aromatic heterocycles. The van der Waals surface area contributed by atoms with Crippen LogP contribution in [-0.2, 0) is 11.2 Å². The van der Waals surface area contributed by atoms with Crippen LogP contribution in [-0.4, -0.2) is 28.4 Å². The van der Waals surface area contributed by atoms with Gasteiger partial charge in [0.15, 0.2) is 6.61 Å². The lowest BCUT2D eigenvalue weighted by molar-refractivity contribution is -0.118. The third-order valence-electron chi connectivity index (χ3n) is 5.10. The Balaban J connectivity index is 1.61. The first-order chi connectivity index (χ1) is 17.3. The van der Waals surface area contributed by atoms with E-state index in [2.05, 4.69) is 31.3 Å². The predicted molar refractivity (Wildman–Crippen MR) is 143 cm³/mol. The molecular formula is C26H21BrClFN4O3. The van der Waals surface area contributed by atoms with Gasteiger partial charge in [0.1, 0.15) is 17.4 Å². The van der Waals surface area contributed by atoms with E-state index in [9.17, 15) is 14.0 Å². The van der Waals surface area contributed by atoms with E-state index in [1.54, 1.807) is 36.4 Å². The molecule has 0 aliphatic carbocycles. The van der Waals surface area contributed by atoms with Gasteiger partial charge in [0.25, 0.3) is 11.5 Å². The van der Waals surface area contributed by atoms with Gasteiger partial charge in [-0.2, -0.15) is 9.78 Å². The lowest BCUT2D eigenvalue weighted by Gasteiger charge is -2.11. The average Bonchev–Trinajstić information content (AvgIpc) is 2.84. The van der Waals surface area contributed by atoms with Crippen LogP contribution >= 0.6 is 27.5 Å². The summed E-state index contributed by atoms with van der Waals surface area (Å²) >= 11 is 9.56. The first-order valence-corrected chi connectivity index (χ1v) is 12.2. The van der Waals surface area contributed by atoms with Crippen molar-refractivity contribution in [3.8, 4) is 5.75 Å². The Morgan fingerprint density at radius 3 is 2.83 bits per heavy atom. The number of nitrogens with zero attached hydrogens (tertiary/aromatic N) is 3. The molecule has 0 spiro atoms. The highest BCUT2D eigenvalue weighted by Crippen LogP contribution is 2.22. The first kappa shape index (κ1) is 25.5. The minimum atomic E-state index is -0.468. The molecule has 0 radical (unpaired) electrons. The number of ether oxygens (including phenoxy) is 1. The number of hydrogen-bond donors (Lipinski definition) is 1. The van der Waals surface area contributed by atoms with Gasteiger partial charge in [0.2, 0.25) is 0 Å². The highest BCUT2D eigenvalue weighted by Gasteiger charge is 2.12. The minimum Gasteiger partial charge on any atom is -0.483 e. The number of rotatable bonds is 8. The molecule has 0 aliphatic heterocycles. The first-order valence-electron chi connectivity index (χ1n) is 11.1. The predicted octanol–water partition coefficient (Wildman–Crippen LogP) is 5.80. The maximum Gasteiger partial charge on any atom is 0.282 e. The van der Waals surface area contributed by atoms with E-state index in [0.29, 0.717) is 45.2 Å². The van der Waals surface area contributed by atoms with Crippen LogP contribution in [0.2, 0.25) is 5.02 Å². The van der Waals surface area contributed by atoms with Crippen LogP contribution in [0.3, 0.4) is 0 Å². The molecule has 10 heteroatoms. The van der Waals surface area contributed by atoms with E-state index in [-0.39, 0.29) is 12.2 Å². The second-order valence-electron chi connectivity index (χ2n) is 7.83. The summed E-state index contributed by atoms with van der Waals surface area (Å²) in [4.78, 5) is 30.1. The van der Waals surface area contributed by atoms with Crippen molar-refractivity contribution in [2.45, 2.75) is 19.8 Å². The van der Waals surface area contributed by atoms with Gasteiger partial charge < -0.3 is 10.1 Å². The van der Waals surface area contributed by atoms with Gasteiger partial charge in [-0.15, -0.1) is 0 Å². The molecule has 0 atom stereocenters. The summed E-state index contributed by atoms with van der Waals surface area (Å²) in [6.45, 7) is 1.66. The molecule has 1 heterocycles. The van der Waals surface area contributed by atoms with E-state index in [4.69, 9.17) is 16.3 Å². The number of nitrogens with one attached hydrogen (secondary N) is 1. The molecule has 1 N–H and O–H groups in total. The number of carbonyl (C=O) groups is 1. The monoisotopic (exact) mass is 570 g/mol. The minimum absolute atomic E-state index is 0.306. The fourth-order valence-corrected chi connectivity index (χ4v) is 4.02. The molecule has 0 fully saturated rings. The van der Waals surface area contributed by atoms with Gasteiger partial charge in [-0.3, -0.25) is 9.59 Å². The van der Waals surface area contributed by atoms with Crippen molar-refractivity contribution in [3.05, 3.63) is 97.7 Å². The van der Waals surface area contributed by atoms with Crippen LogP contribution < -0.4 is 15.6 Å². The van der Waals surface area contributed by atoms with Crippen molar-refractivity contribution in [3.63, 3.8) is 0 Å². The molecule has 4 aromatic rings. The number of fused-ring (bicyclic) bond motifs is 1. The summed E-state index contributed by atoms with van der Waals surface area (Å²) in [6, 6.07) is 15.7. The summed E-state index contributed by atoms with van der Waals surface area (Å²) in [5, 5.41) is 7.83. The molecule has 0 bridgehead atoms. The summed E-state index contributed by atoms with van der Waals surface area (Å²) in [6.07, 6.45) is 2.77. The van der Waals surface area contributed by atoms with E-state index < -0.39 is 11.7 Å². The number of benzene rings is 3. The summed E-state index contributed by atoms with van der Waals surface area (Å²) in [5.41, 5.74) is 1.07. The number of aryl methyl sites for hydroxylation is 1. The van der Waals surface area contributed by atoms with Gasteiger partial charge >= 0.3 is 0 Å². The normalized spacial score (nSPS) is 11.2. The number of amides is 1. The van der Waals surface area contributed by atoms with Crippen LogP contribution in [0, 0.1) is 5.82 Å². The second-order valence-corrected chi connectivity index (χ2v) is 9.18. The Morgan fingerprint density at radius 1 is 1.22 bits per heavy atom. The van der Waals surface area contributed by atoms with E-state index in [1.165, 1.54) is 29.1 Å². The topological polar surface area (TPSA) is 85.6 Å². The van der Waals surface area contributed by atoms with Crippen molar-refractivity contribution >= 4 is 56.2 Å². The summed E-state index contributed by atoms with van der Waals surface area (Å²) in [7, 11) is 0. The SMILES string of the molecule is CCCc1nc2ccc(Br)cc2c(=O)n1N=Cc1cc(Cl)ccc1OCC(=O)Nc1cccc(F)c1. The van der Waals surface area contributed by atoms with Crippen molar-refractivity contribution in [2.75, 3.05) is 11.9 Å². The Morgan fingerprint density at radius 2 is 2.06 bits per heavy atom. The lowest BCUT2D eigenvalue weighted by atomic mass is 10.2. The lowest BCUT2D eigenvalue weighted by Crippen LogP contribution is -2.22. The Hall–Kier alpha value is -3.56. The molecule has 0 unspecified atom stereocenters. The zero-order chi connectivity index (χ0) is 25.7. The fraction of sp³-hybridized carbons (Fsp3) is 0.154. The maximum atomic E-state index is 13.4. The van der Waals surface area contributed by atoms with E-state index >= 15 is 0 Å². The largest absolute Gasteiger partial charge is 0.483 e. The van der Waals surface area contributed by atoms with Crippen molar-refractivity contribution < 1.29 is 13.9 Å². The van der Waals surface area contributed by atoms with E-state index in [1.807, 2.05) is 13.0 Å². The van der Waals surface area contributed by atoms with Gasteiger partial charge in [0.05, 0.1) is 17.1 Å². The molecule has 0 saturated carbocycles. The zero-order valence-corrected chi connectivity index (χ0v) is 21.5. The van der Waals surface area contributed by atoms with Crippen LogP contribution in [0.4, 0.5) is 10.1 Å². The number of aromatic nitrogens is 2.